The molecule has 1 heterocycles. The summed E-state index contributed by atoms with van der Waals surface area (Å²) < 4.78 is 0. The maximum atomic E-state index is 9.99. The van der Waals surface area contributed by atoms with Crippen LogP contribution in [0.4, 0.5) is 0 Å². The molecule has 0 radical (unpaired) electrons. The van der Waals surface area contributed by atoms with Gasteiger partial charge in [0.2, 0.25) is 0 Å². The molecule has 2 N–H and O–H groups in total. The molecule has 0 spiro atoms. The van der Waals surface area contributed by atoms with Crippen LogP contribution in [0.1, 0.15) is 26.7 Å². The van der Waals surface area contributed by atoms with Crippen LogP contribution in [-0.4, -0.2) is 35.3 Å². The van der Waals surface area contributed by atoms with E-state index in [-0.39, 0.29) is 0 Å². The van der Waals surface area contributed by atoms with Crippen molar-refractivity contribution in [2.24, 2.45) is 5.92 Å². The van der Waals surface area contributed by atoms with Gasteiger partial charge in [-0.15, -0.1) is 0 Å². The molecular formula is C10H21NOS. The van der Waals surface area contributed by atoms with Gasteiger partial charge in [0, 0.05) is 12.3 Å². The normalized spacial score (nSPS) is 30.7. The average molecular weight is 203 g/mol. The molecule has 2 atom stereocenters. The third kappa shape index (κ3) is 3.88. The molecule has 3 heteroatoms. The molecule has 1 aliphatic heterocycles. The van der Waals surface area contributed by atoms with E-state index in [1.165, 1.54) is 6.42 Å². The van der Waals surface area contributed by atoms with Crippen LogP contribution in [-0.2, 0) is 0 Å². The van der Waals surface area contributed by atoms with Crippen LogP contribution in [0.2, 0.25) is 0 Å². The minimum atomic E-state index is -0.419. The van der Waals surface area contributed by atoms with E-state index >= 15 is 0 Å². The van der Waals surface area contributed by atoms with Crippen molar-refractivity contribution in [3.63, 3.8) is 0 Å². The molecule has 1 rings (SSSR count). The quantitative estimate of drug-likeness (QED) is 0.710. The molecular weight excluding hydrogens is 182 g/mol. The largest absolute Gasteiger partial charge is 0.388 e. The summed E-state index contributed by atoms with van der Waals surface area (Å²) in [4.78, 5) is 0. The Hall–Kier alpha value is 0.270. The maximum absolute atomic E-state index is 9.99. The average Bonchev–Trinajstić information content (AvgIpc) is 2.52. The second-order valence-electron chi connectivity index (χ2n) is 4.17. The van der Waals surface area contributed by atoms with Crippen molar-refractivity contribution in [2.75, 3.05) is 24.6 Å². The van der Waals surface area contributed by atoms with Gasteiger partial charge in [-0.3, -0.25) is 0 Å². The van der Waals surface area contributed by atoms with Crippen molar-refractivity contribution in [3.05, 3.63) is 0 Å². The minimum absolute atomic E-state index is 0.419. The summed E-state index contributed by atoms with van der Waals surface area (Å²) in [6.45, 7) is 6.24. The molecule has 0 aliphatic carbocycles. The fourth-order valence-corrected chi connectivity index (χ4v) is 2.73. The van der Waals surface area contributed by atoms with E-state index in [0.717, 1.165) is 36.9 Å². The summed E-state index contributed by atoms with van der Waals surface area (Å²) in [5.41, 5.74) is -0.419. The van der Waals surface area contributed by atoms with Crippen molar-refractivity contribution in [1.82, 2.24) is 5.32 Å². The zero-order valence-corrected chi connectivity index (χ0v) is 9.49. The zero-order chi connectivity index (χ0) is 9.73. The first kappa shape index (κ1) is 11.3. The predicted molar refractivity (Wildman–Crippen MR) is 59.2 cm³/mol. The Morgan fingerprint density at radius 2 is 2.38 bits per heavy atom. The van der Waals surface area contributed by atoms with Crippen molar-refractivity contribution in [3.8, 4) is 0 Å². The van der Waals surface area contributed by atoms with Crippen molar-refractivity contribution < 1.29 is 5.11 Å². The Kier molecular flexibility index (Phi) is 4.56. The van der Waals surface area contributed by atoms with Crippen LogP contribution < -0.4 is 5.32 Å². The van der Waals surface area contributed by atoms with Gasteiger partial charge in [0.25, 0.3) is 0 Å². The van der Waals surface area contributed by atoms with Gasteiger partial charge in [-0.25, -0.2) is 0 Å². The van der Waals surface area contributed by atoms with Gasteiger partial charge in [0.15, 0.2) is 0 Å². The van der Waals surface area contributed by atoms with Gasteiger partial charge in [-0.05, 0) is 24.6 Å². The van der Waals surface area contributed by atoms with Crippen LogP contribution in [0.5, 0.6) is 0 Å². The van der Waals surface area contributed by atoms with E-state index in [4.69, 9.17) is 0 Å². The fourth-order valence-electron chi connectivity index (χ4n) is 1.43. The lowest BCUT2D eigenvalue weighted by Gasteiger charge is -2.22. The number of hydrogen-bond donors (Lipinski definition) is 2. The molecule has 1 fully saturated rings. The summed E-state index contributed by atoms with van der Waals surface area (Å²) in [7, 11) is 0. The topological polar surface area (TPSA) is 32.3 Å². The first-order valence-corrected chi connectivity index (χ1v) is 6.32. The zero-order valence-electron chi connectivity index (χ0n) is 8.68. The van der Waals surface area contributed by atoms with Gasteiger partial charge < -0.3 is 10.4 Å². The van der Waals surface area contributed by atoms with Crippen molar-refractivity contribution in [1.29, 1.82) is 0 Å². The first-order valence-electron chi connectivity index (χ1n) is 5.17. The number of thioether (sulfide) groups is 1. The highest BCUT2D eigenvalue weighted by Crippen LogP contribution is 2.26. The van der Waals surface area contributed by atoms with Crippen LogP contribution in [0, 0.1) is 5.92 Å². The van der Waals surface area contributed by atoms with Crippen LogP contribution in [0.3, 0.4) is 0 Å². The van der Waals surface area contributed by atoms with Crippen LogP contribution >= 0.6 is 11.8 Å². The summed E-state index contributed by atoms with van der Waals surface area (Å²) in [6, 6.07) is 0. The highest BCUT2D eigenvalue weighted by Gasteiger charge is 2.30. The standard InChI is InChI=1S/C10H21NOS/c1-3-9(2)6-11-7-10(12)4-5-13-8-10/h9,11-12H,3-8H2,1-2H3. The molecule has 0 aromatic heterocycles. The van der Waals surface area contributed by atoms with E-state index in [1.54, 1.807) is 0 Å². The first-order chi connectivity index (χ1) is 6.16. The van der Waals surface area contributed by atoms with Crippen LogP contribution in [0.15, 0.2) is 0 Å². The van der Waals surface area contributed by atoms with Gasteiger partial charge in [-0.1, -0.05) is 20.3 Å². The Labute approximate surface area is 85.5 Å². The molecule has 1 aliphatic rings. The summed E-state index contributed by atoms with van der Waals surface area (Å²) >= 11 is 1.86. The molecule has 78 valence electrons. The molecule has 0 aromatic carbocycles. The Morgan fingerprint density at radius 1 is 1.62 bits per heavy atom. The van der Waals surface area contributed by atoms with Gasteiger partial charge in [0.05, 0.1) is 5.60 Å². The van der Waals surface area contributed by atoms with Gasteiger partial charge in [-0.2, -0.15) is 11.8 Å². The van der Waals surface area contributed by atoms with Crippen molar-refractivity contribution in [2.45, 2.75) is 32.3 Å². The summed E-state index contributed by atoms with van der Waals surface area (Å²) in [5.74, 6) is 2.74. The van der Waals surface area contributed by atoms with Crippen molar-refractivity contribution >= 4 is 11.8 Å². The molecule has 13 heavy (non-hydrogen) atoms. The van der Waals surface area contributed by atoms with E-state index < -0.39 is 5.60 Å². The van der Waals surface area contributed by atoms with E-state index in [2.05, 4.69) is 19.2 Å². The third-order valence-corrected chi connectivity index (χ3v) is 3.96. The lowest BCUT2D eigenvalue weighted by molar-refractivity contribution is 0.0669. The highest BCUT2D eigenvalue weighted by molar-refractivity contribution is 7.99. The highest BCUT2D eigenvalue weighted by atomic mass is 32.2. The lowest BCUT2D eigenvalue weighted by atomic mass is 10.0. The smallest absolute Gasteiger partial charge is 0.0869 e. The van der Waals surface area contributed by atoms with Gasteiger partial charge in [0.1, 0.15) is 0 Å². The SMILES string of the molecule is CCC(C)CNCC1(O)CCSC1. The Balaban J connectivity index is 2.11. The molecule has 0 aromatic rings. The minimum Gasteiger partial charge on any atom is -0.388 e. The molecule has 1 saturated heterocycles. The summed E-state index contributed by atoms with van der Waals surface area (Å²) in [6.07, 6.45) is 2.16. The number of aliphatic hydroxyl groups is 1. The summed E-state index contributed by atoms with van der Waals surface area (Å²) in [5, 5.41) is 13.3. The van der Waals surface area contributed by atoms with E-state index in [9.17, 15) is 5.11 Å². The fraction of sp³-hybridized carbons (Fsp3) is 1.00. The van der Waals surface area contributed by atoms with E-state index in [1.807, 2.05) is 11.8 Å². The lowest BCUT2D eigenvalue weighted by Crippen LogP contribution is -2.41. The molecule has 0 amide bonds. The predicted octanol–water partition coefficient (Wildman–Crippen LogP) is 1.49. The van der Waals surface area contributed by atoms with E-state index in [0.29, 0.717) is 0 Å². The molecule has 0 bridgehead atoms. The number of rotatable bonds is 5. The molecule has 2 unspecified atom stereocenters. The second-order valence-corrected chi connectivity index (χ2v) is 5.28. The maximum Gasteiger partial charge on any atom is 0.0869 e. The number of nitrogens with one attached hydrogen (secondary N) is 1. The molecule has 0 saturated carbocycles. The van der Waals surface area contributed by atoms with Gasteiger partial charge >= 0.3 is 0 Å². The Bertz CT molecular complexity index is 146. The second kappa shape index (κ2) is 5.23. The third-order valence-electron chi connectivity index (χ3n) is 2.73. The molecule has 2 nitrogen and oxygen atoms in total. The monoisotopic (exact) mass is 203 g/mol. The Morgan fingerprint density at radius 3 is 2.92 bits per heavy atom. The number of hydrogen-bond acceptors (Lipinski definition) is 3. The van der Waals surface area contributed by atoms with Crippen LogP contribution in [0.25, 0.3) is 0 Å².